The van der Waals surface area contributed by atoms with Crippen LogP contribution in [0.4, 0.5) is 0 Å². The van der Waals surface area contributed by atoms with Crippen LogP contribution in [-0.2, 0) is 9.59 Å². The molecule has 0 atom stereocenters. The first-order chi connectivity index (χ1) is 12.4. The van der Waals surface area contributed by atoms with Gasteiger partial charge in [0.1, 0.15) is 0 Å². The number of carboxylic acids is 1. The van der Waals surface area contributed by atoms with E-state index in [2.05, 4.69) is 19.1 Å². The Bertz CT molecular complexity index is 405. The quantitative estimate of drug-likeness (QED) is 0.202. The fourth-order valence-corrected chi connectivity index (χ4v) is 3.08. The molecule has 5 heteroatoms. The van der Waals surface area contributed by atoms with Gasteiger partial charge < -0.3 is 10.6 Å². The number of hydrogen-bond acceptors (Lipinski definition) is 3. The number of rotatable bonds is 17. The van der Waals surface area contributed by atoms with Crippen LogP contribution in [0, 0.1) is 0 Å². The summed E-state index contributed by atoms with van der Waals surface area (Å²) in [5.41, 5.74) is 0. The lowest BCUT2D eigenvalue weighted by Crippen LogP contribution is -2.48. The Morgan fingerprint density at radius 2 is 1.22 bits per heavy atom. The van der Waals surface area contributed by atoms with Crippen LogP contribution in [0.1, 0.15) is 96.8 Å². The number of likely N-dealkylation sites (N-methyl/N-ethyl adjacent to an activating group) is 1. The Balaban J connectivity index is 0. The van der Waals surface area contributed by atoms with E-state index in [1.165, 1.54) is 57.8 Å². The maximum absolute atomic E-state index is 12.0. The van der Waals surface area contributed by atoms with Gasteiger partial charge in [-0.1, -0.05) is 70.4 Å². The van der Waals surface area contributed by atoms with Gasteiger partial charge in [0.05, 0.1) is 20.5 Å². The summed E-state index contributed by atoms with van der Waals surface area (Å²) in [6.45, 7) is 2.12. The summed E-state index contributed by atoms with van der Waals surface area (Å²) >= 11 is 0. The van der Waals surface area contributed by atoms with Crippen LogP contribution in [0.3, 0.4) is 0 Å². The molecule has 0 bridgehead atoms. The van der Waals surface area contributed by atoms with E-state index < -0.39 is 5.97 Å². The standard InChI is InChI=1S/C22H41NO3.H2O/c1-4-5-6-7-8-9-10-11-12-13-14-15-16-17-18-19-21(24)23(2,3)20-22(25)26;/h11-12H,4-10,13-20H2,1-3H3;1H2/b12-11-;. The Labute approximate surface area is 166 Å². The second-order valence-electron chi connectivity index (χ2n) is 7.96. The van der Waals surface area contributed by atoms with Gasteiger partial charge >= 0.3 is 11.9 Å². The summed E-state index contributed by atoms with van der Waals surface area (Å²) in [6, 6.07) is 0. The molecule has 0 aliphatic carbocycles. The lowest BCUT2D eigenvalue weighted by atomic mass is 10.1. The number of carbonyl (C=O) groups excluding carboxylic acids is 1. The van der Waals surface area contributed by atoms with Crippen LogP contribution in [0.2, 0.25) is 0 Å². The van der Waals surface area contributed by atoms with Gasteiger partial charge in [-0.2, -0.15) is 0 Å². The molecule has 5 nitrogen and oxygen atoms in total. The summed E-state index contributed by atoms with van der Waals surface area (Å²) in [4.78, 5) is 22.8. The Kier molecular flexibility index (Phi) is 18.9. The Morgan fingerprint density at radius 3 is 1.70 bits per heavy atom. The molecule has 0 saturated carbocycles. The molecule has 0 aliphatic rings. The molecule has 0 saturated heterocycles. The third kappa shape index (κ3) is 17.9. The molecule has 0 radical (unpaired) electrons. The normalized spacial score (nSPS) is 11.5. The van der Waals surface area contributed by atoms with Crippen molar-refractivity contribution < 1.29 is 24.7 Å². The van der Waals surface area contributed by atoms with E-state index in [9.17, 15) is 9.59 Å². The van der Waals surface area contributed by atoms with Crippen LogP contribution in [-0.4, -0.2) is 47.6 Å². The topological polar surface area (TPSA) is 84.4 Å². The van der Waals surface area contributed by atoms with Gasteiger partial charge in [0.15, 0.2) is 6.54 Å². The highest BCUT2D eigenvalue weighted by Gasteiger charge is 2.28. The monoisotopic (exact) mass is 385 g/mol. The number of aliphatic carboxylic acids is 1. The van der Waals surface area contributed by atoms with E-state index in [0.717, 1.165) is 25.7 Å². The number of quaternary nitrogens is 1. The van der Waals surface area contributed by atoms with Crippen molar-refractivity contribution in [3.63, 3.8) is 0 Å². The molecule has 0 unspecified atom stereocenters. The lowest BCUT2D eigenvalue weighted by Gasteiger charge is -2.24. The first-order valence-corrected chi connectivity index (χ1v) is 10.6. The Morgan fingerprint density at radius 1 is 0.778 bits per heavy atom. The molecule has 0 rings (SSSR count). The van der Waals surface area contributed by atoms with Crippen LogP contribution >= 0.6 is 0 Å². The molecule has 1 amide bonds. The van der Waals surface area contributed by atoms with Crippen molar-refractivity contribution in [1.29, 1.82) is 0 Å². The zero-order valence-electron chi connectivity index (χ0n) is 17.9. The highest BCUT2D eigenvalue weighted by Crippen LogP contribution is 2.11. The summed E-state index contributed by atoms with van der Waals surface area (Å²) in [7, 11) is 3.35. The third-order valence-corrected chi connectivity index (χ3v) is 4.86. The van der Waals surface area contributed by atoms with Gasteiger partial charge in [-0.3, -0.25) is 4.48 Å². The van der Waals surface area contributed by atoms with Gasteiger partial charge in [-0.15, -0.1) is 0 Å². The summed E-state index contributed by atoms with van der Waals surface area (Å²) in [5, 5.41) is 8.83. The van der Waals surface area contributed by atoms with Crippen molar-refractivity contribution >= 4 is 11.9 Å². The molecule has 0 heterocycles. The molecule has 0 aromatic carbocycles. The van der Waals surface area contributed by atoms with Gasteiger partial charge in [0.2, 0.25) is 0 Å². The number of carbonyl (C=O) groups is 2. The van der Waals surface area contributed by atoms with E-state index in [4.69, 9.17) is 5.11 Å². The second-order valence-corrected chi connectivity index (χ2v) is 7.96. The van der Waals surface area contributed by atoms with Gasteiger partial charge in [-0.25, -0.2) is 9.59 Å². The number of nitrogens with zero attached hydrogens (tertiary/aromatic N) is 1. The highest BCUT2D eigenvalue weighted by atomic mass is 16.4. The molecule has 0 spiro atoms. The first-order valence-electron chi connectivity index (χ1n) is 10.6. The minimum absolute atomic E-state index is 0. The predicted octanol–water partition coefficient (Wildman–Crippen LogP) is 5.53. The molecule has 27 heavy (non-hydrogen) atoms. The average Bonchev–Trinajstić information content (AvgIpc) is 2.57. The van der Waals surface area contributed by atoms with Gasteiger partial charge in [-0.05, 0) is 32.1 Å². The largest absolute Gasteiger partial charge is 0.870 e. The summed E-state index contributed by atoms with van der Waals surface area (Å²) < 4.78 is -0.0568. The number of carboxylic acid groups (broad SMARTS) is 1. The third-order valence-electron chi connectivity index (χ3n) is 4.86. The molecule has 0 fully saturated rings. The lowest BCUT2D eigenvalue weighted by molar-refractivity contribution is -0.806. The van der Waals surface area contributed by atoms with E-state index in [0.29, 0.717) is 6.42 Å². The number of hydrogen-bond donors (Lipinski definition) is 1. The average molecular weight is 386 g/mol. The van der Waals surface area contributed by atoms with Crippen LogP contribution in [0.25, 0.3) is 0 Å². The van der Waals surface area contributed by atoms with Crippen molar-refractivity contribution in [2.24, 2.45) is 0 Å². The van der Waals surface area contributed by atoms with Crippen LogP contribution < -0.4 is 0 Å². The van der Waals surface area contributed by atoms with E-state index in [1.54, 1.807) is 14.1 Å². The zero-order chi connectivity index (χ0) is 19.7. The predicted molar refractivity (Wildman–Crippen MR) is 111 cm³/mol. The minimum atomic E-state index is -0.923. The molecule has 2 N–H and O–H groups in total. The van der Waals surface area contributed by atoms with E-state index >= 15 is 0 Å². The second kappa shape index (κ2) is 18.2. The Hall–Kier alpha value is -1.20. The van der Waals surface area contributed by atoms with E-state index in [-0.39, 0.29) is 22.4 Å². The van der Waals surface area contributed by atoms with Crippen LogP contribution in [0.5, 0.6) is 0 Å². The van der Waals surface area contributed by atoms with Crippen molar-refractivity contribution in [2.75, 3.05) is 20.6 Å². The highest BCUT2D eigenvalue weighted by molar-refractivity contribution is 5.74. The molecular weight excluding hydrogens is 342 g/mol. The molecule has 0 aromatic heterocycles. The molecule has 0 aliphatic heterocycles. The SMILES string of the molecule is CCCCCCCC/C=C\CCCCCCCC(=O)[N+](C)(C)CC(=O)O.[OH-]. The van der Waals surface area contributed by atoms with Crippen molar-refractivity contribution in [3.05, 3.63) is 12.2 Å². The summed E-state index contributed by atoms with van der Waals surface area (Å²) in [6.07, 6.45) is 21.2. The minimum Gasteiger partial charge on any atom is -0.870 e. The molecule has 0 aromatic rings. The summed E-state index contributed by atoms with van der Waals surface area (Å²) in [5.74, 6) is -0.905. The molecule has 160 valence electrons. The smallest absolute Gasteiger partial charge is 0.359 e. The number of amides is 1. The first kappa shape index (κ1) is 28.0. The maximum atomic E-state index is 12.0. The maximum Gasteiger partial charge on any atom is 0.359 e. The van der Waals surface area contributed by atoms with Crippen molar-refractivity contribution in [2.45, 2.75) is 96.8 Å². The zero-order valence-corrected chi connectivity index (χ0v) is 17.9. The molecular formula is C22H43NO4. The van der Waals surface area contributed by atoms with Crippen LogP contribution in [0.15, 0.2) is 12.2 Å². The number of allylic oxidation sites excluding steroid dienone is 2. The van der Waals surface area contributed by atoms with Gasteiger partial charge in [0.25, 0.3) is 0 Å². The van der Waals surface area contributed by atoms with E-state index in [1.807, 2.05) is 0 Å². The number of unbranched alkanes of at least 4 members (excludes halogenated alkanes) is 11. The fourth-order valence-electron chi connectivity index (χ4n) is 3.08. The van der Waals surface area contributed by atoms with Crippen molar-refractivity contribution in [1.82, 2.24) is 0 Å². The van der Waals surface area contributed by atoms with Gasteiger partial charge in [0, 0.05) is 0 Å². The fraction of sp³-hybridized carbons (Fsp3) is 0.818. The van der Waals surface area contributed by atoms with Crippen molar-refractivity contribution in [3.8, 4) is 0 Å².